The number of amides is 1. The molecule has 0 saturated carbocycles. The molecule has 0 spiro atoms. The standard InChI is InChI=1S/C10H18N2O3S.ClH/c13-10(8-9-2-1-3-11-9)12-4-6-16(14,15)7-5-12;/h9,11H,1-8H2;1H. The second-order valence-corrected chi connectivity index (χ2v) is 6.83. The molecule has 2 rings (SSSR count). The summed E-state index contributed by atoms with van der Waals surface area (Å²) in [5, 5.41) is 3.28. The van der Waals surface area contributed by atoms with Crippen molar-refractivity contribution in [1.82, 2.24) is 10.2 Å². The van der Waals surface area contributed by atoms with E-state index in [1.807, 2.05) is 0 Å². The molecule has 1 unspecified atom stereocenters. The summed E-state index contributed by atoms with van der Waals surface area (Å²) in [7, 11) is -2.89. The van der Waals surface area contributed by atoms with E-state index in [0.717, 1.165) is 19.4 Å². The van der Waals surface area contributed by atoms with Crippen molar-refractivity contribution in [2.75, 3.05) is 31.1 Å². The van der Waals surface area contributed by atoms with E-state index >= 15 is 0 Å². The normalized spacial score (nSPS) is 27.5. The molecule has 2 aliphatic rings. The van der Waals surface area contributed by atoms with Gasteiger partial charge in [0.2, 0.25) is 5.91 Å². The molecule has 0 bridgehead atoms. The quantitative estimate of drug-likeness (QED) is 0.762. The van der Waals surface area contributed by atoms with E-state index in [-0.39, 0.29) is 29.8 Å². The van der Waals surface area contributed by atoms with Gasteiger partial charge in [-0.2, -0.15) is 0 Å². The zero-order valence-corrected chi connectivity index (χ0v) is 11.4. The number of carbonyl (C=O) groups is 1. The van der Waals surface area contributed by atoms with Gasteiger partial charge in [0.1, 0.15) is 0 Å². The Labute approximate surface area is 108 Å². The molecule has 0 radical (unpaired) electrons. The van der Waals surface area contributed by atoms with Gasteiger partial charge in [-0.25, -0.2) is 8.42 Å². The molecule has 1 atom stereocenters. The summed E-state index contributed by atoms with van der Waals surface area (Å²) in [6, 6.07) is 0.297. The fraction of sp³-hybridized carbons (Fsp3) is 0.900. The molecule has 0 aliphatic carbocycles. The molecule has 2 aliphatic heterocycles. The summed E-state index contributed by atoms with van der Waals surface area (Å²) in [4.78, 5) is 13.5. The molecule has 0 aromatic heterocycles. The van der Waals surface area contributed by atoms with Crippen LogP contribution in [0.5, 0.6) is 0 Å². The number of halogens is 1. The van der Waals surface area contributed by atoms with Crippen LogP contribution in [-0.4, -0.2) is 56.4 Å². The summed E-state index contributed by atoms with van der Waals surface area (Å²) < 4.78 is 22.4. The van der Waals surface area contributed by atoms with Crippen LogP contribution in [0.25, 0.3) is 0 Å². The van der Waals surface area contributed by atoms with Crippen LogP contribution in [0.2, 0.25) is 0 Å². The Hall–Kier alpha value is -0.330. The second kappa shape index (κ2) is 6.02. The first-order valence-corrected chi connectivity index (χ1v) is 7.60. The molecule has 2 heterocycles. The molecule has 2 saturated heterocycles. The van der Waals surface area contributed by atoms with E-state index in [4.69, 9.17) is 0 Å². The predicted molar refractivity (Wildman–Crippen MR) is 68.1 cm³/mol. The highest BCUT2D eigenvalue weighted by molar-refractivity contribution is 7.91. The van der Waals surface area contributed by atoms with Crippen LogP contribution < -0.4 is 5.32 Å². The van der Waals surface area contributed by atoms with Gasteiger partial charge in [-0.15, -0.1) is 12.4 Å². The number of sulfone groups is 1. The molecule has 17 heavy (non-hydrogen) atoms. The smallest absolute Gasteiger partial charge is 0.224 e. The number of nitrogens with one attached hydrogen (secondary N) is 1. The Morgan fingerprint density at radius 2 is 1.94 bits per heavy atom. The third-order valence-corrected chi connectivity index (χ3v) is 4.89. The van der Waals surface area contributed by atoms with Gasteiger partial charge in [0.25, 0.3) is 0 Å². The van der Waals surface area contributed by atoms with E-state index in [0.29, 0.717) is 25.6 Å². The number of rotatable bonds is 2. The second-order valence-electron chi connectivity index (χ2n) is 4.53. The Kier molecular flexibility index (Phi) is 5.22. The van der Waals surface area contributed by atoms with Gasteiger partial charge in [-0.05, 0) is 19.4 Å². The summed E-state index contributed by atoms with van der Waals surface area (Å²) in [5.74, 6) is 0.336. The lowest BCUT2D eigenvalue weighted by Gasteiger charge is -2.27. The van der Waals surface area contributed by atoms with Crippen molar-refractivity contribution in [2.45, 2.75) is 25.3 Å². The van der Waals surface area contributed by atoms with E-state index in [1.54, 1.807) is 4.90 Å². The number of carbonyl (C=O) groups excluding carboxylic acids is 1. The molecule has 0 aromatic carbocycles. The molecule has 1 amide bonds. The van der Waals surface area contributed by atoms with Crippen molar-refractivity contribution in [3.63, 3.8) is 0 Å². The first-order chi connectivity index (χ1) is 7.57. The Bertz CT molecular complexity index is 352. The lowest BCUT2D eigenvalue weighted by atomic mass is 10.1. The van der Waals surface area contributed by atoms with Gasteiger partial charge in [0.15, 0.2) is 9.84 Å². The lowest BCUT2D eigenvalue weighted by molar-refractivity contribution is -0.131. The fourth-order valence-corrected chi connectivity index (χ4v) is 3.43. The van der Waals surface area contributed by atoms with E-state index < -0.39 is 9.84 Å². The first kappa shape index (κ1) is 14.7. The summed E-state index contributed by atoms with van der Waals surface area (Å²) >= 11 is 0. The maximum atomic E-state index is 11.9. The van der Waals surface area contributed by atoms with Gasteiger partial charge in [0, 0.05) is 25.6 Å². The SMILES string of the molecule is Cl.O=C(CC1CCCN1)N1CCS(=O)(=O)CC1. The van der Waals surface area contributed by atoms with Crippen molar-refractivity contribution in [3.05, 3.63) is 0 Å². The van der Waals surface area contributed by atoms with E-state index in [2.05, 4.69) is 5.32 Å². The highest BCUT2D eigenvalue weighted by Gasteiger charge is 2.27. The monoisotopic (exact) mass is 282 g/mol. The molecule has 1 N–H and O–H groups in total. The predicted octanol–water partition coefficient (Wildman–Crippen LogP) is -0.193. The minimum Gasteiger partial charge on any atom is -0.341 e. The fourth-order valence-electron chi connectivity index (χ4n) is 2.23. The van der Waals surface area contributed by atoms with Crippen LogP contribution in [0.1, 0.15) is 19.3 Å². The average molecular weight is 283 g/mol. The molecule has 100 valence electrons. The van der Waals surface area contributed by atoms with Crippen molar-refractivity contribution < 1.29 is 13.2 Å². The van der Waals surface area contributed by atoms with Crippen LogP contribution >= 0.6 is 12.4 Å². The van der Waals surface area contributed by atoms with Crippen LogP contribution in [0.4, 0.5) is 0 Å². The topological polar surface area (TPSA) is 66.5 Å². The van der Waals surface area contributed by atoms with E-state index in [1.165, 1.54) is 0 Å². The van der Waals surface area contributed by atoms with Gasteiger partial charge in [-0.1, -0.05) is 0 Å². The van der Waals surface area contributed by atoms with Crippen LogP contribution in [0.15, 0.2) is 0 Å². The Balaban J connectivity index is 0.00000144. The summed E-state index contributed by atoms with van der Waals surface area (Å²) in [6.45, 7) is 1.73. The highest BCUT2D eigenvalue weighted by Crippen LogP contribution is 2.12. The van der Waals surface area contributed by atoms with Gasteiger partial charge in [-0.3, -0.25) is 4.79 Å². The van der Waals surface area contributed by atoms with Crippen molar-refractivity contribution in [2.24, 2.45) is 0 Å². The Morgan fingerprint density at radius 3 is 2.47 bits per heavy atom. The Morgan fingerprint density at radius 1 is 1.29 bits per heavy atom. The highest BCUT2D eigenvalue weighted by atomic mass is 35.5. The average Bonchev–Trinajstić information content (AvgIpc) is 2.70. The van der Waals surface area contributed by atoms with Gasteiger partial charge >= 0.3 is 0 Å². The molecule has 0 aromatic rings. The van der Waals surface area contributed by atoms with Gasteiger partial charge in [0.05, 0.1) is 11.5 Å². The van der Waals surface area contributed by atoms with Crippen LogP contribution in [0.3, 0.4) is 0 Å². The van der Waals surface area contributed by atoms with Gasteiger partial charge < -0.3 is 10.2 Å². The maximum Gasteiger partial charge on any atom is 0.224 e. The van der Waals surface area contributed by atoms with Crippen molar-refractivity contribution >= 4 is 28.2 Å². The molecular weight excluding hydrogens is 264 g/mol. The number of hydrogen-bond donors (Lipinski definition) is 1. The minimum absolute atomic E-state index is 0. The zero-order chi connectivity index (χ0) is 11.6. The molecule has 7 heteroatoms. The lowest BCUT2D eigenvalue weighted by Crippen LogP contribution is -2.45. The number of nitrogens with zero attached hydrogens (tertiary/aromatic N) is 1. The van der Waals surface area contributed by atoms with E-state index in [9.17, 15) is 13.2 Å². The number of hydrogen-bond acceptors (Lipinski definition) is 4. The third-order valence-electron chi connectivity index (χ3n) is 3.28. The largest absolute Gasteiger partial charge is 0.341 e. The third kappa shape index (κ3) is 4.12. The zero-order valence-electron chi connectivity index (χ0n) is 9.72. The van der Waals surface area contributed by atoms with Crippen molar-refractivity contribution in [1.29, 1.82) is 0 Å². The van der Waals surface area contributed by atoms with Crippen molar-refractivity contribution in [3.8, 4) is 0 Å². The minimum atomic E-state index is -2.89. The molecule has 2 fully saturated rings. The maximum absolute atomic E-state index is 11.9. The molecule has 5 nitrogen and oxygen atoms in total. The summed E-state index contributed by atoms with van der Waals surface area (Å²) in [6.07, 6.45) is 2.70. The van der Waals surface area contributed by atoms with Crippen LogP contribution in [-0.2, 0) is 14.6 Å². The first-order valence-electron chi connectivity index (χ1n) is 5.78. The summed E-state index contributed by atoms with van der Waals surface area (Å²) in [5.41, 5.74) is 0. The molecular formula is C10H19ClN2O3S. The van der Waals surface area contributed by atoms with Crippen LogP contribution in [0, 0.1) is 0 Å².